The molecule has 0 fully saturated rings. The molecule has 0 saturated heterocycles. The molecule has 0 aliphatic carbocycles. The van der Waals surface area contributed by atoms with Gasteiger partial charge in [-0.3, -0.25) is 9.88 Å². The van der Waals surface area contributed by atoms with E-state index in [-0.39, 0.29) is 6.61 Å². The fraction of sp³-hybridized carbons (Fsp3) is 0.467. The lowest BCUT2D eigenvalue weighted by atomic mass is 10.2. The highest BCUT2D eigenvalue weighted by Crippen LogP contribution is 2.14. The largest absolute Gasteiger partial charge is 0.395 e. The summed E-state index contributed by atoms with van der Waals surface area (Å²) >= 11 is 1.73. The molecule has 0 aliphatic rings. The Labute approximate surface area is 124 Å². The lowest BCUT2D eigenvalue weighted by Gasteiger charge is -2.20. The third-order valence-electron chi connectivity index (χ3n) is 2.99. The van der Waals surface area contributed by atoms with Crippen molar-refractivity contribution in [3.63, 3.8) is 0 Å². The van der Waals surface area contributed by atoms with Gasteiger partial charge < -0.3 is 5.11 Å². The van der Waals surface area contributed by atoms with E-state index in [9.17, 15) is 5.11 Å². The molecule has 2 heterocycles. The van der Waals surface area contributed by atoms with Gasteiger partial charge in [0.2, 0.25) is 0 Å². The Kier molecular flexibility index (Phi) is 6.11. The minimum absolute atomic E-state index is 0.159. The lowest BCUT2D eigenvalue weighted by molar-refractivity contribution is 0.183. The average Bonchev–Trinajstić information content (AvgIpc) is 2.88. The predicted octanol–water partition coefficient (Wildman–Crippen LogP) is 2.49. The number of pyridine rings is 1. The minimum atomic E-state index is 0.159. The summed E-state index contributed by atoms with van der Waals surface area (Å²) in [6.45, 7) is 4.54. The number of hydrogen-bond acceptors (Lipinski definition) is 5. The first-order valence-corrected chi connectivity index (χ1v) is 7.85. The van der Waals surface area contributed by atoms with Gasteiger partial charge in [-0.2, -0.15) is 0 Å². The van der Waals surface area contributed by atoms with E-state index in [4.69, 9.17) is 0 Å². The molecular weight excluding hydrogens is 270 g/mol. The molecule has 2 aromatic rings. The van der Waals surface area contributed by atoms with E-state index in [1.807, 2.05) is 12.3 Å². The predicted molar refractivity (Wildman–Crippen MR) is 81.5 cm³/mol. The Morgan fingerprint density at radius 1 is 1.35 bits per heavy atom. The zero-order valence-electron chi connectivity index (χ0n) is 11.8. The molecule has 0 radical (unpaired) electrons. The maximum Gasteiger partial charge on any atom is 0.0928 e. The van der Waals surface area contributed by atoms with Crippen LogP contribution >= 0.6 is 11.3 Å². The molecule has 0 bridgehead atoms. The summed E-state index contributed by atoms with van der Waals surface area (Å²) in [5, 5.41) is 12.5. The Hall–Kier alpha value is -1.30. The van der Waals surface area contributed by atoms with Gasteiger partial charge in [0.15, 0.2) is 0 Å². The molecule has 20 heavy (non-hydrogen) atoms. The zero-order valence-corrected chi connectivity index (χ0v) is 12.6. The van der Waals surface area contributed by atoms with Crippen LogP contribution < -0.4 is 0 Å². The van der Waals surface area contributed by atoms with E-state index >= 15 is 0 Å². The van der Waals surface area contributed by atoms with Gasteiger partial charge >= 0.3 is 0 Å². The van der Waals surface area contributed by atoms with Crippen molar-refractivity contribution in [1.29, 1.82) is 0 Å². The summed E-state index contributed by atoms with van der Waals surface area (Å²) in [7, 11) is 0. The van der Waals surface area contributed by atoms with E-state index in [2.05, 4.69) is 33.2 Å². The van der Waals surface area contributed by atoms with Gasteiger partial charge in [-0.25, -0.2) is 4.98 Å². The monoisotopic (exact) mass is 291 g/mol. The Morgan fingerprint density at radius 2 is 2.25 bits per heavy atom. The number of aryl methyl sites for hydroxylation is 1. The Morgan fingerprint density at radius 3 is 2.95 bits per heavy atom. The normalized spacial score (nSPS) is 11.2. The van der Waals surface area contributed by atoms with Crippen molar-refractivity contribution >= 4 is 11.3 Å². The molecule has 5 heteroatoms. The summed E-state index contributed by atoms with van der Waals surface area (Å²) in [5.74, 6) is 0. The fourth-order valence-electron chi connectivity index (χ4n) is 2.08. The summed E-state index contributed by atoms with van der Waals surface area (Å²) < 4.78 is 0. The van der Waals surface area contributed by atoms with Crippen LogP contribution in [0.4, 0.5) is 0 Å². The van der Waals surface area contributed by atoms with Crippen molar-refractivity contribution in [2.45, 2.75) is 32.9 Å². The lowest BCUT2D eigenvalue weighted by Crippen LogP contribution is -2.26. The zero-order chi connectivity index (χ0) is 14.2. The van der Waals surface area contributed by atoms with E-state index in [1.54, 1.807) is 17.5 Å². The Balaban J connectivity index is 1.97. The van der Waals surface area contributed by atoms with Gasteiger partial charge in [0, 0.05) is 37.4 Å². The van der Waals surface area contributed by atoms with Crippen LogP contribution in [0.1, 0.15) is 29.6 Å². The van der Waals surface area contributed by atoms with Crippen molar-refractivity contribution in [2.24, 2.45) is 0 Å². The van der Waals surface area contributed by atoms with Gasteiger partial charge in [-0.1, -0.05) is 13.0 Å². The minimum Gasteiger partial charge on any atom is -0.395 e. The fourth-order valence-corrected chi connectivity index (χ4v) is 2.98. The molecule has 2 rings (SSSR count). The first-order chi connectivity index (χ1) is 9.81. The summed E-state index contributed by atoms with van der Waals surface area (Å²) in [6.07, 6.45) is 5.82. The molecule has 0 aromatic carbocycles. The topological polar surface area (TPSA) is 49.2 Å². The van der Waals surface area contributed by atoms with Crippen LogP contribution in [0.15, 0.2) is 29.9 Å². The van der Waals surface area contributed by atoms with Crippen LogP contribution in [0, 0.1) is 0 Å². The highest BCUT2D eigenvalue weighted by molar-refractivity contribution is 7.09. The summed E-state index contributed by atoms with van der Waals surface area (Å²) in [5.41, 5.74) is 2.25. The molecule has 0 atom stereocenters. The van der Waals surface area contributed by atoms with Gasteiger partial charge in [0.1, 0.15) is 0 Å². The third kappa shape index (κ3) is 4.67. The van der Waals surface area contributed by atoms with Gasteiger partial charge in [0.05, 0.1) is 17.3 Å². The maximum absolute atomic E-state index is 9.21. The molecule has 1 N–H and O–H groups in total. The molecule has 108 valence electrons. The van der Waals surface area contributed by atoms with Crippen molar-refractivity contribution in [1.82, 2.24) is 14.9 Å². The highest BCUT2D eigenvalue weighted by Gasteiger charge is 2.09. The molecular formula is C15H21N3OS. The van der Waals surface area contributed by atoms with Crippen molar-refractivity contribution in [3.05, 3.63) is 46.2 Å². The highest BCUT2D eigenvalue weighted by atomic mass is 32.1. The maximum atomic E-state index is 9.21. The second kappa shape index (κ2) is 8.09. The third-order valence-corrected chi connectivity index (χ3v) is 3.95. The molecule has 0 unspecified atom stereocenters. The van der Waals surface area contributed by atoms with E-state index in [1.165, 1.54) is 5.01 Å². The quantitative estimate of drug-likeness (QED) is 0.812. The number of rotatable bonds is 8. The SMILES string of the molecule is CCCc1nc(CN(CCO)Cc2cccnc2)cs1. The number of aliphatic hydroxyl groups excluding tert-OH is 1. The first-order valence-electron chi connectivity index (χ1n) is 6.97. The number of hydrogen-bond donors (Lipinski definition) is 1. The second-order valence-electron chi connectivity index (χ2n) is 4.78. The molecule has 4 nitrogen and oxygen atoms in total. The van der Waals surface area contributed by atoms with Crippen LogP contribution in [0.5, 0.6) is 0 Å². The molecule has 0 saturated carbocycles. The van der Waals surface area contributed by atoms with Crippen molar-refractivity contribution < 1.29 is 5.11 Å². The summed E-state index contributed by atoms with van der Waals surface area (Å²) in [6, 6.07) is 4.00. The van der Waals surface area contributed by atoms with Gasteiger partial charge in [-0.05, 0) is 24.5 Å². The molecule has 0 aliphatic heterocycles. The van der Waals surface area contributed by atoms with Gasteiger partial charge in [0.25, 0.3) is 0 Å². The van der Waals surface area contributed by atoms with E-state index in [0.29, 0.717) is 6.54 Å². The van der Waals surface area contributed by atoms with Gasteiger partial charge in [-0.15, -0.1) is 11.3 Å². The van der Waals surface area contributed by atoms with Crippen LogP contribution in [0.3, 0.4) is 0 Å². The Bertz CT molecular complexity index is 501. The number of thiazole rings is 1. The number of aliphatic hydroxyl groups is 1. The van der Waals surface area contributed by atoms with Crippen molar-refractivity contribution in [3.8, 4) is 0 Å². The van der Waals surface area contributed by atoms with Crippen LogP contribution in [0.25, 0.3) is 0 Å². The van der Waals surface area contributed by atoms with Crippen LogP contribution in [-0.2, 0) is 19.5 Å². The van der Waals surface area contributed by atoms with Crippen LogP contribution in [-0.4, -0.2) is 33.1 Å². The number of aromatic nitrogens is 2. The summed E-state index contributed by atoms with van der Waals surface area (Å²) in [4.78, 5) is 11.0. The average molecular weight is 291 g/mol. The second-order valence-corrected chi connectivity index (χ2v) is 5.72. The molecule has 2 aromatic heterocycles. The van der Waals surface area contributed by atoms with E-state index in [0.717, 1.165) is 37.2 Å². The van der Waals surface area contributed by atoms with E-state index < -0.39 is 0 Å². The molecule has 0 amide bonds. The smallest absolute Gasteiger partial charge is 0.0928 e. The van der Waals surface area contributed by atoms with Crippen molar-refractivity contribution in [2.75, 3.05) is 13.2 Å². The standard InChI is InChI=1S/C15H21N3OS/c1-2-4-15-17-14(12-20-15)11-18(7-8-19)10-13-5-3-6-16-9-13/h3,5-6,9,12,19H,2,4,7-8,10-11H2,1H3. The molecule has 0 spiro atoms. The van der Waals surface area contributed by atoms with Crippen LogP contribution in [0.2, 0.25) is 0 Å². The first kappa shape index (κ1) is 15.1. The number of nitrogens with zero attached hydrogens (tertiary/aromatic N) is 3.